The van der Waals surface area contributed by atoms with Gasteiger partial charge in [-0.2, -0.15) is 0 Å². The molecule has 0 saturated carbocycles. The molecule has 0 fully saturated rings. The second-order valence-corrected chi connectivity index (χ2v) is 5.97. The van der Waals surface area contributed by atoms with Gasteiger partial charge in [0, 0.05) is 25.2 Å². The molecule has 0 saturated heterocycles. The Balaban J connectivity index is 1.94. The minimum atomic E-state index is -0.634. The molecule has 2 aromatic carbocycles. The fourth-order valence-electron chi connectivity index (χ4n) is 2.08. The average Bonchev–Trinajstić information content (AvgIpc) is 2.69. The monoisotopic (exact) mass is 383 g/mol. The fourth-order valence-corrected chi connectivity index (χ4v) is 2.08. The van der Waals surface area contributed by atoms with Crippen molar-refractivity contribution in [1.82, 2.24) is 10.3 Å². The van der Waals surface area contributed by atoms with Crippen LogP contribution in [0.3, 0.4) is 0 Å². The lowest BCUT2D eigenvalue weighted by molar-refractivity contribution is -0.126. The summed E-state index contributed by atoms with van der Waals surface area (Å²) in [5.41, 5.74) is 6.58. The molecule has 0 heterocycles. The summed E-state index contributed by atoms with van der Waals surface area (Å²) in [4.78, 5) is 34.6. The standard InChI is InChI=1S/C19H21N5O4/c1-24(2)23-22-15-7-3-13(4-8-15)19(27)14-5-9-16(10-6-14)28-12-18(26)21-11-17(20)25/h3-10H,11-12H2,1-2H3,(H2,20,25)(H,21,26)/b23-22+. The van der Waals surface area contributed by atoms with E-state index in [1.54, 1.807) is 67.6 Å². The minimum absolute atomic E-state index is 0.151. The maximum Gasteiger partial charge on any atom is 0.258 e. The molecule has 0 atom stereocenters. The molecule has 3 N–H and O–H groups in total. The van der Waals surface area contributed by atoms with Crippen LogP contribution in [0.25, 0.3) is 0 Å². The van der Waals surface area contributed by atoms with Crippen LogP contribution in [-0.2, 0) is 9.59 Å². The lowest BCUT2D eigenvalue weighted by Crippen LogP contribution is -2.36. The van der Waals surface area contributed by atoms with Crippen LogP contribution in [0.5, 0.6) is 5.75 Å². The summed E-state index contributed by atoms with van der Waals surface area (Å²) in [6, 6.07) is 13.2. The molecular weight excluding hydrogens is 362 g/mol. The van der Waals surface area contributed by atoms with Crippen LogP contribution >= 0.6 is 0 Å². The first-order chi connectivity index (χ1) is 13.3. The molecule has 9 nitrogen and oxygen atoms in total. The molecule has 146 valence electrons. The van der Waals surface area contributed by atoms with Crippen LogP contribution in [0.2, 0.25) is 0 Å². The molecule has 0 bridgehead atoms. The highest BCUT2D eigenvalue weighted by Gasteiger charge is 2.10. The van der Waals surface area contributed by atoms with E-state index in [2.05, 4.69) is 15.7 Å². The zero-order chi connectivity index (χ0) is 20.5. The Morgan fingerprint density at radius 1 is 1.00 bits per heavy atom. The summed E-state index contributed by atoms with van der Waals surface area (Å²) in [5.74, 6) is -0.831. The summed E-state index contributed by atoms with van der Waals surface area (Å²) in [6.07, 6.45) is 0. The summed E-state index contributed by atoms with van der Waals surface area (Å²) >= 11 is 0. The molecule has 0 aliphatic carbocycles. The van der Waals surface area contributed by atoms with Crippen molar-refractivity contribution < 1.29 is 19.1 Å². The average molecular weight is 383 g/mol. The number of carbonyl (C=O) groups excluding carboxylic acids is 3. The Morgan fingerprint density at radius 2 is 1.57 bits per heavy atom. The van der Waals surface area contributed by atoms with Gasteiger partial charge < -0.3 is 15.8 Å². The van der Waals surface area contributed by atoms with E-state index in [0.29, 0.717) is 22.6 Å². The highest BCUT2D eigenvalue weighted by Crippen LogP contribution is 2.18. The van der Waals surface area contributed by atoms with Gasteiger partial charge in [0.25, 0.3) is 5.91 Å². The zero-order valence-electron chi connectivity index (χ0n) is 15.6. The summed E-state index contributed by atoms with van der Waals surface area (Å²) in [7, 11) is 3.53. The summed E-state index contributed by atoms with van der Waals surface area (Å²) < 4.78 is 5.30. The number of ketones is 1. The number of amides is 2. The Kier molecular flexibility index (Phi) is 7.21. The second kappa shape index (κ2) is 9.81. The van der Waals surface area contributed by atoms with Crippen molar-refractivity contribution in [2.75, 3.05) is 27.2 Å². The number of nitrogens with zero attached hydrogens (tertiary/aromatic N) is 3. The van der Waals surface area contributed by atoms with Gasteiger partial charge in [-0.1, -0.05) is 5.22 Å². The normalized spacial score (nSPS) is 10.5. The zero-order valence-corrected chi connectivity index (χ0v) is 15.6. The second-order valence-electron chi connectivity index (χ2n) is 5.97. The van der Waals surface area contributed by atoms with E-state index < -0.39 is 11.8 Å². The van der Waals surface area contributed by atoms with Crippen molar-refractivity contribution >= 4 is 23.3 Å². The Bertz CT molecular complexity index is 861. The highest BCUT2D eigenvalue weighted by molar-refractivity contribution is 6.09. The number of hydrogen-bond acceptors (Lipinski definition) is 6. The molecule has 2 amide bonds. The first kappa shape index (κ1) is 20.6. The quantitative estimate of drug-likeness (QED) is 0.385. The topological polar surface area (TPSA) is 126 Å². The van der Waals surface area contributed by atoms with E-state index in [4.69, 9.17) is 10.5 Å². The van der Waals surface area contributed by atoms with Crippen LogP contribution in [0, 0.1) is 0 Å². The minimum Gasteiger partial charge on any atom is -0.484 e. The lowest BCUT2D eigenvalue weighted by atomic mass is 10.0. The van der Waals surface area contributed by atoms with Crippen molar-refractivity contribution in [3.8, 4) is 5.75 Å². The Labute approximate surface area is 162 Å². The first-order valence-corrected chi connectivity index (χ1v) is 8.37. The lowest BCUT2D eigenvalue weighted by Gasteiger charge is -2.07. The van der Waals surface area contributed by atoms with Gasteiger partial charge in [-0.3, -0.25) is 19.4 Å². The number of hydrogen-bond donors (Lipinski definition) is 2. The van der Waals surface area contributed by atoms with Crippen LogP contribution in [-0.4, -0.2) is 49.9 Å². The first-order valence-electron chi connectivity index (χ1n) is 8.37. The number of ether oxygens (including phenoxy) is 1. The number of benzene rings is 2. The Hall–Kier alpha value is -3.75. The van der Waals surface area contributed by atoms with Gasteiger partial charge in [-0.25, -0.2) is 0 Å². The van der Waals surface area contributed by atoms with Crippen LogP contribution in [0.1, 0.15) is 15.9 Å². The van der Waals surface area contributed by atoms with Crippen molar-refractivity contribution in [3.63, 3.8) is 0 Å². The largest absolute Gasteiger partial charge is 0.484 e. The van der Waals surface area contributed by atoms with Crippen molar-refractivity contribution in [2.45, 2.75) is 0 Å². The molecule has 9 heteroatoms. The summed E-state index contributed by atoms with van der Waals surface area (Å²) in [6.45, 7) is -0.505. The maximum atomic E-state index is 12.5. The van der Waals surface area contributed by atoms with Crippen LogP contribution < -0.4 is 15.8 Å². The Morgan fingerprint density at radius 3 is 2.11 bits per heavy atom. The molecular formula is C19H21N5O4. The molecule has 2 rings (SSSR count). The van der Waals surface area contributed by atoms with Gasteiger partial charge in [-0.15, -0.1) is 5.11 Å². The third kappa shape index (κ3) is 6.52. The smallest absolute Gasteiger partial charge is 0.258 e. The van der Waals surface area contributed by atoms with E-state index in [9.17, 15) is 14.4 Å². The molecule has 2 aromatic rings. The van der Waals surface area contributed by atoms with Gasteiger partial charge in [0.1, 0.15) is 5.75 Å². The molecule has 0 aliphatic heterocycles. The highest BCUT2D eigenvalue weighted by atomic mass is 16.5. The number of primary amides is 1. The third-order valence-corrected chi connectivity index (χ3v) is 3.41. The maximum absolute atomic E-state index is 12.5. The SMILES string of the molecule is CN(C)/N=N/c1ccc(C(=O)c2ccc(OCC(=O)NCC(N)=O)cc2)cc1. The predicted octanol–water partition coefficient (Wildman–Crippen LogP) is 1.46. The van der Waals surface area contributed by atoms with Crippen molar-refractivity contribution in [1.29, 1.82) is 0 Å². The van der Waals surface area contributed by atoms with Gasteiger partial charge >= 0.3 is 0 Å². The van der Waals surface area contributed by atoms with Crippen LogP contribution in [0.4, 0.5) is 5.69 Å². The van der Waals surface area contributed by atoms with E-state index in [-0.39, 0.29) is 18.9 Å². The molecule has 0 aliphatic rings. The number of rotatable bonds is 9. The van der Waals surface area contributed by atoms with Crippen LogP contribution in [0.15, 0.2) is 58.9 Å². The van der Waals surface area contributed by atoms with Gasteiger partial charge in [0.2, 0.25) is 5.91 Å². The van der Waals surface area contributed by atoms with E-state index in [1.165, 1.54) is 0 Å². The van der Waals surface area contributed by atoms with Gasteiger partial charge in [-0.05, 0) is 48.5 Å². The third-order valence-electron chi connectivity index (χ3n) is 3.41. The molecule has 0 aromatic heterocycles. The van der Waals surface area contributed by atoms with E-state index >= 15 is 0 Å². The van der Waals surface area contributed by atoms with E-state index in [1.807, 2.05) is 0 Å². The molecule has 0 spiro atoms. The van der Waals surface area contributed by atoms with Gasteiger partial charge in [0.05, 0.1) is 12.2 Å². The fraction of sp³-hybridized carbons (Fsp3) is 0.211. The van der Waals surface area contributed by atoms with Crippen molar-refractivity contribution in [3.05, 3.63) is 59.7 Å². The number of nitrogens with two attached hydrogens (primary N) is 1. The van der Waals surface area contributed by atoms with Crippen molar-refractivity contribution in [2.24, 2.45) is 16.1 Å². The molecule has 0 unspecified atom stereocenters. The van der Waals surface area contributed by atoms with E-state index in [0.717, 1.165) is 0 Å². The predicted molar refractivity (Wildman–Crippen MR) is 102 cm³/mol. The molecule has 28 heavy (non-hydrogen) atoms. The molecule has 0 radical (unpaired) electrons. The summed E-state index contributed by atoms with van der Waals surface area (Å²) in [5, 5.41) is 11.8. The van der Waals surface area contributed by atoms with Gasteiger partial charge in [0.15, 0.2) is 12.4 Å². The number of nitrogens with one attached hydrogen (secondary N) is 1. The number of carbonyl (C=O) groups is 3.